The van der Waals surface area contributed by atoms with E-state index in [1.165, 1.54) is 48.5 Å². The van der Waals surface area contributed by atoms with Crippen LogP contribution in [0.25, 0.3) is 60.7 Å². The second-order valence-electron chi connectivity index (χ2n) is 14.5. The molecule has 0 aliphatic heterocycles. The van der Waals surface area contributed by atoms with Crippen molar-refractivity contribution in [2.45, 2.75) is 46.9 Å². The SMILES string of the molecule is CCn1c(-c2cc(OS(=O)(=O)c3ccc(C)cc3)c(-n3nc4c(S(=O)(=O)[O-])cc5cc(SOO[O-])ccc5c4n3)cc2OS(=O)(=O)c2ccc(C)cc2)nc2ccc3ccccc3c21.[Na+].[Na+]. The van der Waals surface area contributed by atoms with Crippen molar-refractivity contribution < 1.29 is 112 Å². The van der Waals surface area contributed by atoms with Crippen LogP contribution in [0, 0.1) is 13.8 Å². The molecule has 0 bridgehead atoms. The second-order valence-corrected chi connectivity index (χ2v) is 19.7. The fourth-order valence-corrected chi connectivity index (χ4v) is 10.2. The molecule has 0 unspecified atom stereocenters. The summed E-state index contributed by atoms with van der Waals surface area (Å²) in [4.78, 5) is 4.81. The Morgan fingerprint density at radius 2 is 1.29 bits per heavy atom. The van der Waals surface area contributed by atoms with Crippen LogP contribution in [0.2, 0.25) is 0 Å². The normalized spacial score (nSPS) is 12.1. The number of rotatable bonds is 13. The summed E-state index contributed by atoms with van der Waals surface area (Å²) in [5.74, 6) is -0.647. The molecule has 66 heavy (non-hydrogen) atoms. The van der Waals surface area contributed by atoms with Gasteiger partial charge in [-0.2, -0.15) is 21.2 Å². The molecule has 0 saturated heterocycles. The number of hydrogen-bond acceptors (Lipinski definition) is 16. The van der Waals surface area contributed by atoms with Gasteiger partial charge in [-0.15, -0.1) is 15.0 Å². The number of aryl methyl sites for hydroxylation is 3. The molecule has 23 heteroatoms. The van der Waals surface area contributed by atoms with Crippen molar-refractivity contribution in [1.29, 1.82) is 0 Å². The minimum absolute atomic E-state index is 0. The summed E-state index contributed by atoms with van der Waals surface area (Å²) in [6.45, 7) is 5.73. The van der Waals surface area contributed by atoms with E-state index < -0.39 is 46.5 Å². The van der Waals surface area contributed by atoms with E-state index in [1.54, 1.807) is 38.1 Å². The summed E-state index contributed by atoms with van der Waals surface area (Å²) < 4.78 is 113. The van der Waals surface area contributed by atoms with Crippen molar-refractivity contribution >= 4 is 86.0 Å². The molecule has 0 amide bonds. The summed E-state index contributed by atoms with van der Waals surface area (Å²) in [6.07, 6.45) is 0. The van der Waals surface area contributed by atoms with Crippen molar-refractivity contribution in [3.8, 4) is 28.6 Å². The van der Waals surface area contributed by atoms with Gasteiger partial charge in [-0.1, -0.05) is 71.8 Å². The Balaban J connectivity index is 0.00000324. The summed E-state index contributed by atoms with van der Waals surface area (Å²) in [7, 11) is -14.6. The fraction of sp³-hybridized carbons (Fsp3) is 0.0930. The minimum Gasteiger partial charge on any atom is -0.744 e. The van der Waals surface area contributed by atoms with Crippen molar-refractivity contribution in [3.63, 3.8) is 0 Å². The Morgan fingerprint density at radius 1 is 0.667 bits per heavy atom. The van der Waals surface area contributed by atoms with E-state index in [-0.39, 0.29) is 108 Å². The van der Waals surface area contributed by atoms with Crippen LogP contribution in [-0.4, -0.2) is 54.4 Å². The average Bonchev–Trinajstić information content (AvgIpc) is 3.88. The van der Waals surface area contributed by atoms with Crippen molar-refractivity contribution in [3.05, 3.63) is 132 Å². The number of hydrogen-bond donors (Lipinski definition) is 0. The molecule has 2 aromatic heterocycles. The molecule has 17 nitrogen and oxygen atoms in total. The van der Waals surface area contributed by atoms with Crippen LogP contribution in [0.15, 0.2) is 141 Å². The van der Waals surface area contributed by atoms with Gasteiger partial charge in [-0.05, 0) is 86.1 Å². The third-order valence-corrected chi connectivity index (χ3v) is 14.2. The quantitative estimate of drug-likeness (QED) is 0.0392. The molecule has 9 rings (SSSR count). The predicted molar refractivity (Wildman–Crippen MR) is 232 cm³/mol. The summed E-state index contributed by atoms with van der Waals surface area (Å²) in [5.41, 5.74) is 1.89. The molecular weight excluding hydrogens is 953 g/mol. The van der Waals surface area contributed by atoms with Gasteiger partial charge in [0.1, 0.15) is 42.5 Å². The zero-order chi connectivity index (χ0) is 45.1. The largest absolute Gasteiger partial charge is 1.00 e. The maximum atomic E-state index is 14.2. The van der Waals surface area contributed by atoms with E-state index in [1.807, 2.05) is 47.9 Å². The number of imidazole rings is 1. The molecule has 326 valence electrons. The number of benzene rings is 7. The van der Waals surface area contributed by atoms with Crippen LogP contribution < -0.4 is 72.7 Å². The monoisotopic (exact) mass is 983 g/mol. The van der Waals surface area contributed by atoms with Crippen LogP contribution in [0.4, 0.5) is 0 Å². The zero-order valence-corrected chi connectivity index (χ0v) is 42.8. The maximum absolute atomic E-state index is 14.2. The fourth-order valence-electron chi connectivity index (χ4n) is 7.31. The summed E-state index contributed by atoms with van der Waals surface area (Å²) in [6, 6.07) is 30.9. The van der Waals surface area contributed by atoms with Crippen LogP contribution in [0.1, 0.15) is 18.1 Å². The Bertz CT molecular complexity index is 3680. The van der Waals surface area contributed by atoms with E-state index in [9.17, 15) is 35.1 Å². The van der Waals surface area contributed by atoms with Gasteiger partial charge in [0.25, 0.3) is 0 Å². The van der Waals surface area contributed by atoms with Gasteiger partial charge in [0.05, 0.1) is 33.5 Å². The molecular formula is C43H31N5Na2O12S4. The first-order valence-electron chi connectivity index (χ1n) is 19.1. The van der Waals surface area contributed by atoms with Gasteiger partial charge < -0.3 is 22.7 Å². The molecule has 0 saturated carbocycles. The van der Waals surface area contributed by atoms with E-state index in [2.05, 4.69) is 19.6 Å². The number of nitrogens with zero attached hydrogens (tertiary/aromatic N) is 5. The van der Waals surface area contributed by atoms with Crippen molar-refractivity contribution in [1.82, 2.24) is 24.5 Å². The zero-order valence-electron chi connectivity index (χ0n) is 35.5. The number of aromatic nitrogens is 5. The molecule has 0 aliphatic rings. The summed E-state index contributed by atoms with van der Waals surface area (Å²) >= 11 is 0.524. The first-order valence-corrected chi connectivity index (χ1v) is 24.0. The Hall–Kier alpha value is -4.43. The van der Waals surface area contributed by atoms with Crippen molar-refractivity contribution in [2.75, 3.05) is 0 Å². The first kappa shape index (κ1) is 49.5. The Kier molecular flexibility index (Phi) is 14.5. The molecule has 0 spiro atoms. The van der Waals surface area contributed by atoms with E-state index in [0.29, 0.717) is 34.5 Å². The number of fused-ring (bicyclic) bond motifs is 6. The minimum atomic E-state index is -5.26. The second kappa shape index (κ2) is 19.3. The standard InChI is InChI=1S/C43H33N5O12S4.2Na/c1-4-47-42-33-8-6-5-7-27(33)13-20-35(42)44-43(47)34-23-38(58-64(55,56)31-17-11-26(3)12-18-31)36(24-37(34)57-63(53,54)30-15-9-25(2)10-16-30)48-45-40-32-19-14-29(61-60-59-49)21-28(32)22-39(41(40)46-48)62(50,51)52;;/h5-24,49H,4H2,1-3H3,(H,50,51,52);;/q;2*+1/p-2. The van der Waals surface area contributed by atoms with Gasteiger partial charge in [0.15, 0.2) is 11.5 Å². The van der Waals surface area contributed by atoms with Gasteiger partial charge in [0.2, 0.25) is 0 Å². The third-order valence-electron chi connectivity index (χ3n) is 10.3. The molecule has 0 N–H and O–H groups in total. The van der Waals surface area contributed by atoms with Crippen LogP contribution in [0.5, 0.6) is 11.5 Å². The molecule has 0 radical (unpaired) electrons. The van der Waals surface area contributed by atoms with Gasteiger partial charge in [-0.25, -0.2) is 13.4 Å². The Labute approximate surface area is 426 Å². The van der Waals surface area contributed by atoms with Gasteiger partial charge in [-0.3, -0.25) is 5.04 Å². The smallest absolute Gasteiger partial charge is 0.744 e. The summed E-state index contributed by atoms with van der Waals surface area (Å²) in [5, 5.41) is 25.1. The van der Waals surface area contributed by atoms with Crippen LogP contribution in [-0.2, 0) is 46.3 Å². The van der Waals surface area contributed by atoms with Crippen LogP contribution in [0.3, 0.4) is 0 Å². The molecule has 0 atom stereocenters. The molecule has 0 fully saturated rings. The average molecular weight is 984 g/mol. The molecule has 7 aromatic carbocycles. The van der Waals surface area contributed by atoms with E-state index in [0.717, 1.165) is 38.8 Å². The van der Waals surface area contributed by atoms with E-state index in [4.69, 9.17) is 13.4 Å². The van der Waals surface area contributed by atoms with E-state index >= 15 is 0 Å². The molecule has 2 heterocycles. The van der Waals surface area contributed by atoms with Crippen LogP contribution >= 0.6 is 12.0 Å². The van der Waals surface area contributed by atoms with Crippen molar-refractivity contribution in [2.24, 2.45) is 0 Å². The molecule has 9 aromatic rings. The molecule has 0 aliphatic carbocycles. The third kappa shape index (κ3) is 9.51. The predicted octanol–water partition coefficient (Wildman–Crippen LogP) is 1.06. The van der Waals surface area contributed by atoms with Gasteiger partial charge >= 0.3 is 79.4 Å². The maximum Gasteiger partial charge on any atom is 1.00 e. The Morgan fingerprint density at radius 3 is 1.91 bits per heavy atom. The first-order chi connectivity index (χ1) is 30.5. The topological polar surface area (TPSA) is 234 Å². The van der Waals surface area contributed by atoms with Gasteiger partial charge in [0, 0.05) is 28.3 Å².